The van der Waals surface area contributed by atoms with Crippen molar-refractivity contribution >= 4 is 0 Å². The van der Waals surface area contributed by atoms with Crippen LogP contribution in [0.2, 0.25) is 0 Å². The molecule has 0 aromatic heterocycles. The van der Waals surface area contributed by atoms with Crippen LogP contribution in [0.15, 0.2) is 0 Å². The average Bonchev–Trinajstić information content (AvgIpc) is 2.31. The summed E-state index contributed by atoms with van der Waals surface area (Å²) in [4.78, 5) is 0. The lowest BCUT2D eigenvalue weighted by Gasteiger charge is -2.42. The van der Waals surface area contributed by atoms with Crippen LogP contribution < -0.4 is 5.32 Å². The molecule has 0 spiro atoms. The van der Waals surface area contributed by atoms with E-state index in [0.29, 0.717) is 6.04 Å². The zero-order valence-corrected chi connectivity index (χ0v) is 10.3. The highest BCUT2D eigenvalue weighted by molar-refractivity contribution is 4.94. The SMILES string of the molecule is CCCCC(NC)C1(OC)CCOCC1. The fourth-order valence-electron chi connectivity index (χ4n) is 2.49. The van der Waals surface area contributed by atoms with E-state index in [1.54, 1.807) is 0 Å². The van der Waals surface area contributed by atoms with E-state index in [4.69, 9.17) is 9.47 Å². The highest BCUT2D eigenvalue weighted by Crippen LogP contribution is 2.30. The van der Waals surface area contributed by atoms with E-state index in [0.717, 1.165) is 26.1 Å². The third-order valence-electron chi connectivity index (χ3n) is 3.58. The van der Waals surface area contributed by atoms with Crippen LogP contribution in [0.3, 0.4) is 0 Å². The monoisotopic (exact) mass is 215 g/mol. The Hall–Kier alpha value is -0.120. The Labute approximate surface area is 93.5 Å². The smallest absolute Gasteiger partial charge is 0.0874 e. The molecule has 1 heterocycles. The lowest BCUT2D eigenvalue weighted by molar-refractivity contribution is -0.110. The van der Waals surface area contributed by atoms with E-state index in [9.17, 15) is 0 Å². The fourth-order valence-corrected chi connectivity index (χ4v) is 2.49. The molecule has 0 amide bonds. The predicted octanol–water partition coefficient (Wildman–Crippen LogP) is 1.96. The van der Waals surface area contributed by atoms with Gasteiger partial charge in [0.15, 0.2) is 0 Å². The lowest BCUT2D eigenvalue weighted by Crippen LogP contribution is -2.54. The van der Waals surface area contributed by atoms with Crippen molar-refractivity contribution < 1.29 is 9.47 Å². The molecule has 0 saturated carbocycles. The number of hydrogen-bond donors (Lipinski definition) is 1. The number of likely N-dealkylation sites (N-methyl/N-ethyl adjacent to an activating group) is 1. The summed E-state index contributed by atoms with van der Waals surface area (Å²) in [5.41, 5.74) is 0.00215. The fraction of sp³-hybridized carbons (Fsp3) is 1.00. The maximum Gasteiger partial charge on any atom is 0.0874 e. The van der Waals surface area contributed by atoms with Crippen molar-refractivity contribution in [3.05, 3.63) is 0 Å². The van der Waals surface area contributed by atoms with Crippen molar-refractivity contribution in [3.63, 3.8) is 0 Å². The molecule has 1 rings (SSSR count). The summed E-state index contributed by atoms with van der Waals surface area (Å²) >= 11 is 0. The molecular weight excluding hydrogens is 190 g/mol. The van der Waals surface area contributed by atoms with Gasteiger partial charge in [0, 0.05) is 39.2 Å². The molecule has 0 radical (unpaired) electrons. The van der Waals surface area contributed by atoms with Crippen molar-refractivity contribution in [2.45, 2.75) is 50.7 Å². The maximum atomic E-state index is 5.79. The topological polar surface area (TPSA) is 30.5 Å². The Bertz CT molecular complexity index is 167. The van der Waals surface area contributed by atoms with E-state index >= 15 is 0 Å². The molecule has 3 heteroatoms. The van der Waals surface area contributed by atoms with Gasteiger partial charge in [-0.1, -0.05) is 19.8 Å². The van der Waals surface area contributed by atoms with Gasteiger partial charge < -0.3 is 14.8 Å². The normalized spacial score (nSPS) is 22.6. The summed E-state index contributed by atoms with van der Waals surface area (Å²) in [5.74, 6) is 0. The van der Waals surface area contributed by atoms with Crippen LogP contribution in [-0.2, 0) is 9.47 Å². The first-order chi connectivity index (χ1) is 7.29. The molecule has 0 aliphatic carbocycles. The van der Waals surface area contributed by atoms with Crippen LogP contribution >= 0.6 is 0 Å². The van der Waals surface area contributed by atoms with Crippen LogP contribution in [0, 0.1) is 0 Å². The molecule has 1 aliphatic rings. The van der Waals surface area contributed by atoms with E-state index in [-0.39, 0.29) is 5.60 Å². The highest BCUT2D eigenvalue weighted by Gasteiger charge is 2.39. The van der Waals surface area contributed by atoms with Crippen LogP contribution in [-0.4, -0.2) is 39.0 Å². The van der Waals surface area contributed by atoms with Gasteiger partial charge in [-0.25, -0.2) is 0 Å². The van der Waals surface area contributed by atoms with E-state index in [2.05, 4.69) is 12.2 Å². The minimum atomic E-state index is 0.00215. The van der Waals surface area contributed by atoms with E-state index < -0.39 is 0 Å². The van der Waals surface area contributed by atoms with Gasteiger partial charge in [-0.15, -0.1) is 0 Å². The third kappa shape index (κ3) is 3.16. The first kappa shape index (κ1) is 12.9. The highest BCUT2D eigenvalue weighted by atomic mass is 16.5. The minimum absolute atomic E-state index is 0.00215. The second kappa shape index (κ2) is 6.46. The van der Waals surface area contributed by atoms with E-state index in [1.807, 2.05) is 14.2 Å². The van der Waals surface area contributed by atoms with Gasteiger partial charge in [0.05, 0.1) is 5.60 Å². The molecule has 1 N–H and O–H groups in total. The Morgan fingerprint density at radius 3 is 2.53 bits per heavy atom. The minimum Gasteiger partial charge on any atom is -0.381 e. The molecule has 1 aliphatic heterocycles. The first-order valence-electron chi connectivity index (χ1n) is 6.09. The Kier molecular flexibility index (Phi) is 5.58. The van der Waals surface area contributed by atoms with Gasteiger partial charge in [-0.3, -0.25) is 0 Å². The molecular formula is C12H25NO2. The van der Waals surface area contributed by atoms with Crippen LogP contribution in [0.5, 0.6) is 0 Å². The summed E-state index contributed by atoms with van der Waals surface area (Å²) in [6.45, 7) is 3.90. The summed E-state index contributed by atoms with van der Waals surface area (Å²) in [7, 11) is 3.87. The summed E-state index contributed by atoms with van der Waals surface area (Å²) < 4.78 is 11.2. The van der Waals surface area contributed by atoms with Crippen molar-refractivity contribution in [2.24, 2.45) is 0 Å². The summed E-state index contributed by atoms with van der Waals surface area (Å²) in [6, 6.07) is 0.464. The van der Waals surface area contributed by atoms with Gasteiger partial charge in [-0.2, -0.15) is 0 Å². The lowest BCUT2D eigenvalue weighted by atomic mass is 9.83. The van der Waals surface area contributed by atoms with Crippen LogP contribution in [0.25, 0.3) is 0 Å². The number of nitrogens with one attached hydrogen (secondary N) is 1. The predicted molar refractivity (Wildman–Crippen MR) is 62.2 cm³/mol. The molecule has 90 valence electrons. The van der Waals surface area contributed by atoms with Crippen LogP contribution in [0.4, 0.5) is 0 Å². The standard InChI is InChI=1S/C12H25NO2/c1-4-5-6-11(13-2)12(14-3)7-9-15-10-8-12/h11,13H,4-10H2,1-3H3. The number of unbranched alkanes of at least 4 members (excludes halogenated alkanes) is 1. The van der Waals surface area contributed by atoms with Gasteiger partial charge in [-0.05, 0) is 13.5 Å². The van der Waals surface area contributed by atoms with Gasteiger partial charge in [0.1, 0.15) is 0 Å². The molecule has 1 fully saturated rings. The van der Waals surface area contributed by atoms with Gasteiger partial charge in [0.25, 0.3) is 0 Å². The van der Waals surface area contributed by atoms with Gasteiger partial charge >= 0.3 is 0 Å². The Balaban J connectivity index is 2.58. The van der Waals surface area contributed by atoms with Crippen molar-refractivity contribution in [3.8, 4) is 0 Å². The Morgan fingerprint density at radius 2 is 2.07 bits per heavy atom. The largest absolute Gasteiger partial charge is 0.381 e. The van der Waals surface area contributed by atoms with Crippen molar-refractivity contribution in [1.82, 2.24) is 5.32 Å². The quantitative estimate of drug-likeness (QED) is 0.734. The van der Waals surface area contributed by atoms with Gasteiger partial charge in [0.2, 0.25) is 0 Å². The molecule has 0 bridgehead atoms. The number of ether oxygens (including phenoxy) is 2. The molecule has 0 aromatic rings. The molecule has 1 unspecified atom stereocenters. The molecule has 1 saturated heterocycles. The number of hydrogen-bond acceptors (Lipinski definition) is 3. The second-order valence-electron chi connectivity index (χ2n) is 4.36. The first-order valence-corrected chi connectivity index (χ1v) is 6.09. The van der Waals surface area contributed by atoms with Crippen molar-refractivity contribution in [2.75, 3.05) is 27.4 Å². The third-order valence-corrected chi connectivity index (χ3v) is 3.58. The molecule has 15 heavy (non-hydrogen) atoms. The molecule has 1 atom stereocenters. The second-order valence-corrected chi connectivity index (χ2v) is 4.36. The molecule has 3 nitrogen and oxygen atoms in total. The summed E-state index contributed by atoms with van der Waals surface area (Å²) in [5, 5.41) is 3.42. The van der Waals surface area contributed by atoms with E-state index in [1.165, 1.54) is 19.3 Å². The Morgan fingerprint density at radius 1 is 1.40 bits per heavy atom. The van der Waals surface area contributed by atoms with Crippen LogP contribution in [0.1, 0.15) is 39.0 Å². The summed E-state index contributed by atoms with van der Waals surface area (Å²) in [6.07, 6.45) is 5.73. The number of rotatable bonds is 6. The molecule has 0 aromatic carbocycles. The zero-order valence-electron chi connectivity index (χ0n) is 10.3. The zero-order chi connectivity index (χ0) is 11.1. The van der Waals surface area contributed by atoms with Crippen molar-refractivity contribution in [1.29, 1.82) is 0 Å². The average molecular weight is 215 g/mol. The number of methoxy groups -OCH3 is 1. The maximum absolute atomic E-state index is 5.79.